The molecule has 0 spiro atoms. The molecule has 4 rings (SSSR count). The first-order valence-corrected chi connectivity index (χ1v) is 7.94. The molecule has 3 aromatic rings. The number of amides is 1. The van der Waals surface area contributed by atoms with Crippen LogP contribution in [0.4, 0.5) is 0 Å². The number of rotatable bonds is 3. The van der Waals surface area contributed by atoms with E-state index >= 15 is 0 Å². The summed E-state index contributed by atoms with van der Waals surface area (Å²) in [6.45, 7) is 2.92. The van der Waals surface area contributed by atoms with Crippen molar-refractivity contribution in [2.24, 2.45) is 0 Å². The molecule has 2 N–H and O–H groups in total. The van der Waals surface area contributed by atoms with E-state index in [1.165, 1.54) is 0 Å². The standard InChI is InChI=1S/C18H16N2O5/c1-10(11-5-6-13-15(9-11)24-8-7-23-13)19-17(21)12-3-2-4-14-16(12)20-18(22)25-14/h2-6,9-10H,7-8H2,1H3,(H,19,21)(H,20,22)/t10-/m0/s1. The molecule has 1 aliphatic rings. The average Bonchev–Trinajstić information content (AvgIpc) is 3.01. The van der Waals surface area contributed by atoms with Crippen molar-refractivity contribution in [3.63, 3.8) is 0 Å². The third kappa shape index (κ3) is 2.84. The zero-order chi connectivity index (χ0) is 17.4. The summed E-state index contributed by atoms with van der Waals surface area (Å²) in [5.41, 5.74) is 1.99. The van der Waals surface area contributed by atoms with Crippen molar-refractivity contribution in [2.75, 3.05) is 13.2 Å². The Morgan fingerprint density at radius 1 is 1.16 bits per heavy atom. The maximum atomic E-state index is 12.6. The lowest BCUT2D eigenvalue weighted by Crippen LogP contribution is -2.27. The number of carbonyl (C=O) groups is 1. The van der Waals surface area contributed by atoms with Crippen LogP contribution in [-0.4, -0.2) is 24.1 Å². The van der Waals surface area contributed by atoms with Crippen LogP contribution in [0.15, 0.2) is 45.6 Å². The first-order valence-electron chi connectivity index (χ1n) is 7.94. The Labute approximate surface area is 142 Å². The monoisotopic (exact) mass is 340 g/mol. The highest BCUT2D eigenvalue weighted by Crippen LogP contribution is 2.32. The molecule has 7 heteroatoms. The zero-order valence-corrected chi connectivity index (χ0v) is 13.5. The highest BCUT2D eigenvalue weighted by molar-refractivity contribution is 6.04. The van der Waals surface area contributed by atoms with Gasteiger partial charge in [-0.2, -0.15) is 0 Å². The Morgan fingerprint density at radius 3 is 2.80 bits per heavy atom. The van der Waals surface area contributed by atoms with Crippen molar-refractivity contribution in [3.8, 4) is 11.5 Å². The van der Waals surface area contributed by atoms with E-state index in [9.17, 15) is 9.59 Å². The van der Waals surface area contributed by atoms with Gasteiger partial charge in [-0.15, -0.1) is 0 Å². The Bertz CT molecular complexity index is 1000. The van der Waals surface area contributed by atoms with Crippen LogP contribution in [0.25, 0.3) is 11.1 Å². The molecule has 0 unspecified atom stereocenters. The normalized spacial score (nSPS) is 14.3. The highest BCUT2D eigenvalue weighted by Gasteiger charge is 2.18. The van der Waals surface area contributed by atoms with E-state index in [1.807, 2.05) is 25.1 Å². The van der Waals surface area contributed by atoms with Gasteiger partial charge in [0.25, 0.3) is 5.91 Å². The lowest BCUT2D eigenvalue weighted by molar-refractivity contribution is 0.0941. The van der Waals surface area contributed by atoms with Crippen LogP contribution in [0.1, 0.15) is 28.9 Å². The lowest BCUT2D eigenvalue weighted by Gasteiger charge is -2.21. The second-order valence-corrected chi connectivity index (χ2v) is 5.79. The summed E-state index contributed by atoms with van der Waals surface area (Å²) >= 11 is 0. The van der Waals surface area contributed by atoms with Gasteiger partial charge in [0.05, 0.1) is 17.1 Å². The number of carbonyl (C=O) groups excluding carboxylic acids is 1. The van der Waals surface area contributed by atoms with Gasteiger partial charge in [0.15, 0.2) is 17.1 Å². The van der Waals surface area contributed by atoms with Crippen molar-refractivity contribution in [2.45, 2.75) is 13.0 Å². The van der Waals surface area contributed by atoms with Gasteiger partial charge >= 0.3 is 5.76 Å². The number of fused-ring (bicyclic) bond motifs is 2. The number of hydrogen-bond donors (Lipinski definition) is 2. The first kappa shape index (κ1) is 15.3. The number of benzene rings is 2. The van der Waals surface area contributed by atoms with E-state index in [4.69, 9.17) is 13.9 Å². The summed E-state index contributed by atoms with van der Waals surface area (Å²) in [5, 5.41) is 2.92. The van der Waals surface area contributed by atoms with Crippen LogP contribution in [0.5, 0.6) is 11.5 Å². The fraction of sp³-hybridized carbons (Fsp3) is 0.222. The molecule has 1 amide bonds. The smallest absolute Gasteiger partial charge is 0.417 e. The fourth-order valence-electron chi connectivity index (χ4n) is 2.85. The molecule has 0 saturated carbocycles. The molecule has 25 heavy (non-hydrogen) atoms. The minimum absolute atomic E-state index is 0.253. The van der Waals surface area contributed by atoms with Gasteiger partial charge < -0.3 is 19.2 Å². The predicted molar refractivity (Wildman–Crippen MR) is 90.1 cm³/mol. The van der Waals surface area contributed by atoms with Crippen LogP contribution in [0, 0.1) is 0 Å². The van der Waals surface area contributed by atoms with Gasteiger partial charge in [-0.25, -0.2) is 4.79 Å². The van der Waals surface area contributed by atoms with Gasteiger partial charge in [-0.05, 0) is 36.8 Å². The van der Waals surface area contributed by atoms with Crippen LogP contribution in [0.2, 0.25) is 0 Å². The highest BCUT2D eigenvalue weighted by atomic mass is 16.6. The van der Waals surface area contributed by atoms with E-state index in [0.717, 1.165) is 5.56 Å². The number of ether oxygens (including phenoxy) is 2. The van der Waals surface area contributed by atoms with Gasteiger partial charge in [0.2, 0.25) is 0 Å². The summed E-state index contributed by atoms with van der Waals surface area (Å²) in [5.74, 6) is 0.487. The summed E-state index contributed by atoms with van der Waals surface area (Å²) in [6, 6.07) is 10.3. The van der Waals surface area contributed by atoms with Gasteiger partial charge in [-0.3, -0.25) is 9.78 Å². The quantitative estimate of drug-likeness (QED) is 0.763. The van der Waals surface area contributed by atoms with Crippen LogP contribution in [-0.2, 0) is 0 Å². The van der Waals surface area contributed by atoms with Gasteiger partial charge in [-0.1, -0.05) is 12.1 Å². The Balaban J connectivity index is 1.58. The zero-order valence-electron chi connectivity index (χ0n) is 13.5. The van der Waals surface area contributed by atoms with E-state index in [1.54, 1.807) is 18.2 Å². The number of oxazole rings is 1. The SMILES string of the molecule is C[C@H](NC(=O)c1cccc2oc(=O)[nH]c12)c1ccc2c(c1)OCCO2. The summed E-state index contributed by atoms with van der Waals surface area (Å²) in [7, 11) is 0. The molecular weight excluding hydrogens is 324 g/mol. The largest absolute Gasteiger partial charge is 0.486 e. The minimum Gasteiger partial charge on any atom is -0.486 e. The first-order chi connectivity index (χ1) is 12.1. The van der Waals surface area contributed by atoms with Crippen molar-refractivity contribution in [3.05, 3.63) is 58.1 Å². The Morgan fingerprint density at radius 2 is 1.96 bits per heavy atom. The van der Waals surface area contributed by atoms with Crippen LogP contribution in [0.3, 0.4) is 0 Å². The summed E-state index contributed by atoms with van der Waals surface area (Å²) < 4.78 is 16.1. The van der Waals surface area contributed by atoms with E-state index in [0.29, 0.717) is 41.4 Å². The molecule has 0 radical (unpaired) electrons. The molecule has 2 heterocycles. The Kier molecular flexibility index (Phi) is 3.68. The van der Waals surface area contributed by atoms with E-state index in [2.05, 4.69) is 10.3 Å². The van der Waals surface area contributed by atoms with Gasteiger partial charge in [0.1, 0.15) is 13.2 Å². The predicted octanol–water partition coefficient (Wildman–Crippen LogP) is 2.38. The molecule has 0 fully saturated rings. The number of nitrogens with one attached hydrogen (secondary N) is 2. The van der Waals surface area contributed by atoms with Crippen LogP contribution >= 0.6 is 0 Å². The summed E-state index contributed by atoms with van der Waals surface area (Å²) in [6.07, 6.45) is 0. The maximum absolute atomic E-state index is 12.6. The number of para-hydroxylation sites is 1. The third-order valence-electron chi connectivity index (χ3n) is 4.11. The molecule has 1 aromatic heterocycles. The topological polar surface area (TPSA) is 93.6 Å². The molecule has 0 bridgehead atoms. The number of aromatic amines is 1. The van der Waals surface area contributed by atoms with E-state index in [-0.39, 0.29) is 11.9 Å². The maximum Gasteiger partial charge on any atom is 0.417 e. The van der Waals surface area contributed by atoms with E-state index < -0.39 is 5.76 Å². The summed E-state index contributed by atoms with van der Waals surface area (Å²) in [4.78, 5) is 26.5. The van der Waals surface area contributed by atoms with Crippen molar-refractivity contribution in [1.82, 2.24) is 10.3 Å². The van der Waals surface area contributed by atoms with Crippen LogP contribution < -0.4 is 20.5 Å². The number of H-pyrrole nitrogens is 1. The molecule has 0 aliphatic carbocycles. The molecule has 7 nitrogen and oxygen atoms in total. The molecule has 1 atom stereocenters. The minimum atomic E-state index is -0.588. The second kappa shape index (κ2) is 6.01. The van der Waals surface area contributed by atoms with Crippen molar-refractivity contribution < 1.29 is 18.7 Å². The van der Waals surface area contributed by atoms with Crippen molar-refractivity contribution in [1.29, 1.82) is 0 Å². The molecule has 1 aliphatic heterocycles. The van der Waals surface area contributed by atoms with Gasteiger partial charge in [0, 0.05) is 0 Å². The average molecular weight is 340 g/mol. The number of aromatic nitrogens is 1. The molecule has 0 saturated heterocycles. The van der Waals surface area contributed by atoms with Crippen molar-refractivity contribution >= 4 is 17.0 Å². The second-order valence-electron chi connectivity index (χ2n) is 5.79. The molecular formula is C18H16N2O5. The Hall–Kier alpha value is -3.22. The number of hydrogen-bond acceptors (Lipinski definition) is 5. The molecule has 128 valence electrons. The lowest BCUT2D eigenvalue weighted by atomic mass is 10.1. The molecule has 2 aromatic carbocycles. The third-order valence-corrected chi connectivity index (χ3v) is 4.11. The fourth-order valence-corrected chi connectivity index (χ4v) is 2.85.